The van der Waals surface area contributed by atoms with Crippen molar-refractivity contribution in [1.29, 1.82) is 0 Å². The van der Waals surface area contributed by atoms with Crippen molar-refractivity contribution in [2.75, 3.05) is 52.9 Å². The molecule has 450 valence electrons. The van der Waals surface area contributed by atoms with Gasteiger partial charge in [-0.2, -0.15) is 0 Å². The molecular weight excluding hydrogens is 1080 g/mol. The van der Waals surface area contributed by atoms with Crippen molar-refractivity contribution >= 4 is 29.8 Å². The van der Waals surface area contributed by atoms with E-state index >= 15 is 0 Å². The molecule has 17 nitrogen and oxygen atoms in total. The number of rotatable bonds is 30. The predicted octanol–water partition coefficient (Wildman–Crippen LogP) is 10.8. The van der Waals surface area contributed by atoms with Crippen LogP contribution in [-0.2, 0) is 57.1 Å². The molecule has 4 aromatic carbocycles. The molecule has 2 N–H and O–H groups in total. The quantitative estimate of drug-likeness (QED) is 0.0143. The van der Waals surface area contributed by atoms with Crippen LogP contribution in [0.5, 0.6) is 0 Å². The van der Waals surface area contributed by atoms with Crippen LogP contribution in [0.4, 0.5) is 0 Å². The van der Waals surface area contributed by atoms with Gasteiger partial charge in [-0.25, -0.2) is 29.3 Å². The second-order valence-electron chi connectivity index (χ2n) is 22.7. The lowest BCUT2D eigenvalue weighted by atomic mass is 9.74. The monoisotopic (exact) mass is 1160 g/mol. The van der Waals surface area contributed by atoms with E-state index in [0.29, 0.717) is 17.5 Å². The fourth-order valence-corrected chi connectivity index (χ4v) is 9.02. The number of esters is 5. The second-order valence-corrected chi connectivity index (χ2v) is 22.7. The summed E-state index contributed by atoms with van der Waals surface area (Å²) in [4.78, 5) is 80.9. The highest BCUT2D eigenvalue weighted by atomic mass is 16.6. The molecule has 0 saturated carbocycles. The first-order valence-corrected chi connectivity index (χ1v) is 28.2. The lowest BCUT2D eigenvalue weighted by Gasteiger charge is -2.36. The number of hydrogen-bond acceptors (Lipinski definition) is 17. The van der Waals surface area contributed by atoms with Crippen LogP contribution in [-0.4, -0.2) is 120 Å². The van der Waals surface area contributed by atoms with E-state index in [2.05, 4.69) is 26.3 Å². The van der Waals surface area contributed by atoms with Gasteiger partial charge in [0.1, 0.15) is 38.9 Å². The van der Waals surface area contributed by atoms with Crippen molar-refractivity contribution in [2.24, 2.45) is 34.5 Å². The van der Waals surface area contributed by atoms with Gasteiger partial charge in [0, 0.05) is 27.8 Å². The maximum atomic E-state index is 14.3. The Balaban J connectivity index is 1.26. The fourth-order valence-electron chi connectivity index (χ4n) is 9.02. The van der Waals surface area contributed by atoms with Crippen LogP contribution in [0.3, 0.4) is 0 Å². The number of ether oxygens (including phenoxy) is 7. The van der Waals surface area contributed by atoms with Crippen molar-refractivity contribution in [3.63, 3.8) is 0 Å². The van der Waals surface area contributed by atoms with Gasteiger partial charge in [-0.3, -0.25) is 9.59 Å². The molecule has 0 saturated heterocycles. The highest BCUT2D eigenvalue weighted by Crippen LogP contribution is 2.39. The van der Waals surface area contributed by atoms with Gasteiger partial charge < -0.3 is 43.4 Å². The van der Waals surface area contributed by atoms with Crippen LogP contribution in [0, 0.1) is 34.5 Å². The Bertz CT molecular complexity index is 3060. The maximum absolute atomic E-state index is 14.3. The third-order valence-electron chi connectivity index (χ3n) is 14.5. The summed E-state index contributed by atoms with van der Waals surface area (Å²) in [6.45, 7) is 23.7. The lowest BCUT2D eigenvalue weighted by Crippen LogP contribution is -2.47. The standard InChI is InChI=1S/C68H79N3O14/c1-42(2)61(73)80-36-67(37-81-62(74)43(3)4,38-82-63(75)44(5)6)34-79-35-68(39-83-64(76)45(7)8,40-84-65(77)46(9)10)41-85-66(78)47(11)33-55-31-32-56(57(72)48(55)12)60-70-58(53-27-23-51(24-28-53)49-19-15-13-16-20-49)69-59(71-60)54-29-25-52(26-30-54)50-21-17-14-18-22-50/h13-32,44,47-48,55-57,61,72-73H,1,3,7,9,33-41H2,2,4-6,8,10-12H3. The van der Waals surface area contributed by atoms with E-state index in [0.717, 1.165) is 33.4 Å². The highest BCUT2D eigenvalue weighted by molar-refractivity contribution is 5.88. The zero-order chi connectivity index (χ0) is 62.0. The van der Waals surface area contributed by atoms with Crippen LogP contribution in [0.25, 0.3) is 45.0 Å². The highest BCUT2D eigenvalue weighted by Gasteiger charge is 2.42. The molecule has 1 aromatic heterocycles. The van der Waals surface area contributed by atoms with E-state index in [1.165, 1.54) is 27.7 Å². The van der Waals surface area contributed by atoms with Gasteiger partial charge in [-0.05, 0) is 73.8 Å². The van der Waals surface area contributed by atoms with Gasteiger partial charge in [0.25, 0.3) is 0 Å². The Morgan fingerprint density at radius 2 is 0.906 bits per heavy atom. The Morgan fingerprint density at radius 3 is 1.32 bits per heavy atom. The van der Waals surface area contributed by atoms with Crippen molar-refractivity contribution in [1.82, 2.24) is 15.0 Å². The normalized spacial score (nSPS) is 17.1. The van der Waals surface area contributed by atoms with E-state index in [-0.39, 0.29) is 34.6 Å². The Labute approximate surface area is 498 Å². The molecule has 6 rings (SSSR count). The molecule has 1 aliphatic rings. The van der Waals surface area contributed by atoms with E-state index in [9.17, 15) is 34.2 Å². The predicted molar refractivity (Wildman–Crippen MR) is 322 cm³/mol. The van der Waals surface area contributed by atoms with E-state index in [4.69, 9.17) is 48.1 Å². The number of benzene rings is 4. The molecule has 17 heteroatoms. The van der Waals surface area contributed by atoms with Gasteiger partial charge in [0.2, 0.25) is 0 Å². The minimum atomic E-state index is -1.62. The average Bonchev–Trinajstić information content (AvgIpc) is 3.11. The molecule has 0 fully saturated rings. The number of aliphatic hydroxyl groups is 2. The van der Waals surface area contributed by atoms with E-state index in [1.807, 2.05) is 128 Å². The summed E-state index contributed by atoms with van der Waals surface area (Å²) < 4.78 is 40.7. The molecule has 0 spiro atoms. The molecule has 0 aliphatic heterocycles. The molecular formula is C68H79N3O14. The first-order chi connectivity index (χ1) is 40.4. The number of aliphatic hydroxyl groups excluding tert-OH is 2. The molecule has 0 bridgehead atoms. The number of allylic oxidation sites excluding steroid dienone is 1. The first-order valence-electron chi connectivity index (χ1n) is 28.2. The maximum Gasteiger partial charge on any atom is 0.333 e. The van der Waals surface area contributed by atoms with E-state index < -0.39 is 130 Å². The molecule has 0 amide bonds. The van der Waals surface area contributed by atoms with Crippen LogP contribution >= 0.6 is 0 Å². The van der Waals surface area contributed by atoms with Gasteiger partial charge in [-0.15, -0.1) is 0 Å². The summed E-state index contributed by atoms with van der Waals surface area (Å²) in [5.41, 5.74) is 3.04. The Morgan fingerprint density at radius 1 is 0.518 bits per heavy atom. The summed E-state index contributed by atoms with van der Waals surface area (Å²) in [5, 5.41) is 22.8. The largest absolute Gasteiger partial charge is 0.465 e. The topological polar surface area (TPSA) is 229 Å². The third-order valence-corrected chi connectivity index (χ3v) is 14.5. The van der Waals surface area contributed by atoms with E-state index in [1.54, 1.807) is 20.8 Å². The Hall–Kier alpha value is -8.22. The summed E-state index contributed by atoms with van der Waals surface area (Å²) in [6, 6.07) is 36.1. The Kier molecular flexibility index (Phi) is 23.7. The van der Waals surface area contributed by atoms with Crippen LogP contribution in [0.1, 0.15) is 73.6 Å². The number of aromatic nitrogens is 3. The molecule has 0 radical (unpaired) electrons. The number of nitrogens with zero attached hydrogens (tertiary/aromatic N) is 3. The molecule has 7 atom stereocenters. The summed E-state index contributed by atoms with van der Waals surface area (Å²) in [5.74, 6) is -5.07. The molecule has 85 heavy (non-hydrogen) atoms. The van der Waals surface area contributed by atoms with Crippen molar-refractivity contribution in [3.8, 4) is 45.0 Å². The van der Waals surface area contributed by atoms with Gasteiger partial charge in [0.15, 0.2) is 17.9 Å². The lowest BCUT2D eigenvalue weighted by molar-refractivity contribution is -0.180. The van der Waals surface area contributed by atoms with Gasteiger partial charge in [0.05, 0.1) is 54.5 Å². The molecule has 5 aromatic rings. The number of carbonyl (C=O) groups excluding carboxylic acids is 5. The second kappa shape index (κ2) is 30.5. The molecule has 7 unspecified atom stereocenters. The summed E-state index contributed by atoms with van der Waals surface area (Å²) in [7, 11) is 0. The molecule has 1 heterocycles. The van der Waals surface area contributed by atoms with Crippen LogP contribution in [0.2, 0.25) is 0 Å². The zero-order valence-corrected chi connectivity index (χ0v) is 49.9. The molecule has 1 aliphatic carbocycles. The smallest absolute Gasteiger partial charge is 0.333 e. The number of hydrogen-bond donors (Lipinski definition) is 2. The van der Waals surface area contributed by atoms with Crippen molar-refractivity contribution in [2.45, 2.75) is 80.1 Å². The average molecular weight is 1160 g/mol. The third kappa shape index (κ3) is 18.6. The minimum absolute atomic E-state index is 0.0519. The SMILES string of the molecule is C=C(C)C(=O)OCC(COCC(COC(=O)C(=C)C)(COC(=O)C(C)C)COC(O)C(=C)C)(COC(=O)C(=C)C)COC(=O)C(C)CC1C=CC(c2nc(-c3ccc(-c4ccccc4)cc3)nc(-c3ccc(-c4ccccc4)cc3)n2)C(O)C1C. The zero-order valence-electron chi connectivity index (χ0n) is 49.9. The van der Waals surface area contributed by atoms with Crippen molar-refractivity contribution in [3.05, 3.63) is 176 Å². The fraction of sp³-hybridized carbons (Fsp3) is 0.382. The number of carbonyl (C=O) groups is 5. The summed E-state index contributed by atoms with van der Waals surface area (Å²) in [6.07, 6.45) is 1.61. The van der Waals surface area contributed by atoms with Crippen molar-refractivity contribution < 1.29 is 67.3 Å². The minimum Gasteiger partial charge on any atom is -0.465 e. The first kappa shape index (κ1) is 65.9. The van der Waals surface area contributed by atoms with Gasteiger partial charge in [-0.1, -0.05) is 175 Å². The summed E-state index contributed by atoms with van der Waals surface area (Å²) >= 11 is 0. The van der Waals surface area contributed by atoms with Gasteiger partial charge >= 0.3 is 29.8 Å². The van der Waals surface area contributed by atoms with Crippen LogP contribution in [0.15, 0.2) is 170 Å². The van der Waals surface area contributed by atoms with Crippen LogP contribution < -0.4 is 0 Å².